The number of amidine groups is 3. The first-order valence-electron chi connectivity index (χ1n) is 11.7. The number of hydrogen-bond donors (Lipinski definition) is 1. The Balaban J connectivity index is 1.29. The van der Waals surface area contributed by atoms with E-state index in [4.69, 9.17) is 14.9 Å². The number of nitrogens with zero attached hydrogens (tertiary/aromatic N) is 5. The molecule has 3 aliphatic heterocycles. The highest BCUT2D eigenvalue weighted by molar-refractivity contribution is 8.26. The number of hydrogen-bond acceptors (Lipinski definition) is 7. The third-order valence-corrected chi connectivity index (χ3v) is 7.11. The van der Waals surface area contributed by atoms with Crippen molar-refractivity contribution in [1.82, 2.24) is 14.5 Å². The molecule has 1 fully saturated rings. The van der Waals surface area contributed by atoms with Gasteiger partial charge in [0.05, 0.1) is 19.2 Å². The number of piperidine rings is 1. The quantitative estimate of drug-likeness (QED) is 0.614. The lowest BCUT2D eigenvalue weighted by atomic mass is 10.1. The summed E-state index contributed by atoms with van der Waals surface area (Å²) in [7, 11) is 1.63. The van der Waals surface area contributed by atoms with Crippen molar-refractivity contribution >= 4 is 39.9 Å². The fourth-order valence-corrected chi connectivity index (χ4v) is 5.20. The molecule has 0 unspecified atom stereocenters. The molecule has 0 saturated carbocycles. The number of nitrogens with one attached hydrogen (secondary N) is 1. The molecule has 3 aliphatic rings. The zero-order chi connectivity index (χ0) is 24.4. The second kappa shape index (κ2) is 9.99. The van der Waals surface area contributed by atoms with Crippen LogP contribution in [-0.4, -0.2) is 63.4 Å². The van der Waals surface area contributed by atoms with Gasteiger partial charge in [-0.25, -0.2) is 0 Å². The van der Waals surface area contributed by atoms with E-state index in [1.165, 1.54) is 23.2 Å². The van der Waals surface area contributed by atoms with Gasteiger partial charge in [-0.1, -0.05) is 6.07 Å². The number of likely N-dealkylation sites (tertiary alicyclic amines) is 1. The molecule has 2 aromatic rings. The number of hydrazone groups is 1. The van der Waals surface area contributed by atoms with Crippen molar-refractivity contribution < 1.29 is 14.3 Å². The first-order valence-corrected chi connectivity index (χ1v) is 12.5. The average molecular weight is 493 g/mol. The first-order chi connectivity index (χ1) is 17.0. The minimum atomic E-state index is -0.419. The molecule has 1 aromatic carbocycles. The molecular weight excluding hydrogens is 464 g/mol. The lowest BCUT2D eigenvalue weighted by molar-refractivity contribution is -0.114. The van der Waals surface area contributed by atoms with Crippen LogP contribution >= 0.6 is 11.8 Å². The standard InChI is InChI=1S/C25H28N6O3S/c1-17-8-9-20(21(15-17)33-2)34-14-13-29-12-6-7-18(29)16-19-22(26)31-24(27-23(19)32)35-25(28-31)30-10-4-3-5-11-30/h6-9,12,15-16,26H,3-5,10-11,13-14H2,1-2H3/b19-16-,26-22?. The van der Waals surface area contributed by atoms with Gasteiger partial charge in [0.15, 0.2) is 22.5 Å². The van der Waals surface area contributed by atoms with Crippen molar-refractivity contribution in [2.75, 3.05) is 26.8 Å². The highest BCUT2D eigenvalue weighted by Crippen LogP contribution is 2.31. The van der Waals surface area contributed by atoms with Gasteiger partial charge in [0.2, 0.25) is 5.17 Å². The number of methoxy groups -OCH3 is 1. The zero-order valence-corrected chi connectivity index (χ0v) is 20.7. The summed E-state index contributed by atoms with van der Waals surface area (Å²) in [5.74, 6) is 1.01. The molecule has 4 heterocycles. The number of aromatic nitrogens is 1. The van der Waals surface area contributed by atoms with E-state index in [0.29, 0.717) is 29.8 Å². The second-order valence-corrected chi connectivity index (χ2v) is 9.51. The van der Waals surface area contributed by atoms with Crippen molar-refractivity contribution in [3.8, 4) is 11.5 Å². The summed E-state index contributed by atoms with van der Waals surface area (Å²) < 4.78 is 13.3. The maximum absolute atomic E-state index is 12.8. The monoisotopic (exact) mass is 492 g/mol. The van der Waals surface area contributed by atoms with Gasteiger partial charge in [0, 0.05) is 25.0 Å². The van der Waals surface area contributed by atoms with Gasteiger partial charge >= 0.3 is 0 Å². The maximum atomic E-state index is 12.8. The Kier molecular flexibility index (Phi) is 6.63. The molecule has 10 heteroatoms. The van der Waals surface area contributed by atoms with E-state index in [2.05, 4.69) is 15.0 Å². The number of aliphatic imine (C=N–C) groups is 1. The van der Waals surface area contributed by atoms with Crippen molar-refractivity contribution in [3.63, 3.8) is 0 Å². The molecule has 0 atom stereocenters. The van der Waals surface area contributed by atoms with E-state index >= 15 is 0 Å². The summed E-state index contributed by atoms with van der Waals surface area (Å²) in [6.45, 7) is 4.88. The molecule has 1 saturated heterocycles. The van der Waals surface area contributed by atoms with Crippen molar-refractivity contribution in [1.29, 1.82) is 5.41 Å². The number of rotatable bonds is 6. The number of benzene rings is 1. The molecule has 5 rings (SSSR count). The fourth-order valence-electron chi connectivity index (χ4n) is 4.25. The normalized spacial score (nSPS) is 19.1. The Bertz CT molecular complexity index is 1240. The number of thioether (sulfide) groups is 1. The summed E-state index contributed by atoms with van der Waals surface area (Å²) in [6, 6.07) is 9.63. The van der Waals surface area contributed by atoms with Crippen LogP contribution in [-0.2, 0) is 11.3 Å². The van der Waals surface area contributed by atoms with Crippen LogP contribution in [0.15, 0.2) is 52.2 Å². The summed E-state index contributed by atoms with van der Waals surface area (Å²) in [5, 5.41) is 16.0. The third kappa shape index (κ3) is 4.84. The van der Waals surface area contributed by atoms with Crippen molar-refractivity contribution in [3.05, 3.63) is 53.4 Å². The van der Waals surface area contributed by atoms with E-state index in [1.54, 1.807) is 13.2 Å². The minimum Gasteiger partial charge on any atom is -0.493 e. The largest absolute Gasteiger partial charge is 0.493 e. The molecule has 0 bridgehead atoms. The molecule has 35 heavy (non-hydrogen) atoms. The highest BCUT2D eigenvalue weighted by Gasteiger charge is 2.37. The minimum absolute atomic E-state index is 0.0490. The van der Waals surface area contributed by atoms with E-state index in [9.17, 15) is 4.79 Å². The van der Waals surface area contributed by atoms with Crippen LogP contribution in [0.3, 0.4) is 0 Å². The Morgan fingerprint density at radius 3 is 2.77 bits per heavy atom. The van der Waals surface area contributed by atoms with Gasteiger partial charge in [0.1, 0.15) is 6.61 Å². The van der Waals surface area contributed by atoms with Gasteiger partial charge in [0.25, 0.3) is 5.91 Å². The molecule has 0 radical (unpaired) electrons. The molecule has 1 aromatic heterocycles. The van der Waals surface area contributed by atoms with E-state index in [1.807, 2.05) is 48.0 Å². The predicted octanol–water partition coefficient (Wildman–Crippen LogP) is 3.95. The van der Waals surface area contributed by atoms with Gasteiger partial charge in [-0.15, -0.1) is 5.10 Å². The van der Waals surface area contributed by atoms with Crippen LogP contribution in [0.1, 0.15) is 30.5 Å². The van der Waals surface area contributed by atoms with E-state index in [0.717, 1.165) is 42.4 Å². The Morgan fingerprint density at radius 2 is 1.97 bits per heavy atom. The van der Waals surface area contributed by atoms with Gasteiger partial charge in [-0.2, -0.15) is 10.0 Å². The number of carbonyl (C=O) groups excluding carboxylic acids is 1. The summed E-state index contributed by atoms with van der Waals surface area (Å²) >= 11 is 1.37. The molecule has 1 N–H and O–H groups in total. The lowest BCUT2D eigenvalue weighted by Crippen LogP contribution is -2.35. The summed E-state index contributed by atoms with van der Waals surface area (Å²) in [4.78, 5) is 19.3. The third-order valence-electron chi connectivity index (χ3n) is 6.14. The van der Waals surface area contributed by atoms with E-state index < -0.39 is 5.91 Å². The maximum Gasteiger partial charge on any atom is 0.283 e. The van der Waals surface area contributed by atoms with Crippen LogP contribution in [0.5, 0.6) is 11.5 Å². The van der Waals surface area contributed by atoms with Crippen LogP contribution < -0.4 is 9.47 Å². The number of fused-ring (bicyclic) bond motifs is 1. The number of aryl methyl sites for hydroxylation is 1. The SMILES string of the molecule is COc1cc(C)ccc1OCCn1cccc1/C=C1/C(=N)N2N=C(N3CCCCC3)SC2=NC1=O. The van der Waals surface area contributed by atoms with Crippen LogP contribution in [0.2, 0.25) is 0 Å². The molecular formula is C25H28N6O3S. The molecule has 1 amide bonds. The number of amides is 1. The molecule has 0 spiro atoms. The Labute approximate surface area is 208 Å². The van der Waals surface area contributed by atoms with Gasteiger partial charge in [-0.3, -0.25) is 10.2 Å². The smallest absolute Gasteiger partial charge is 0.283 e. The van der Waals surface area contributed by atoms with Crippen LogP contribution in [0.4, 0.5) is 0 Å². The van der Waals surface area contributed by atoms with Crippen molar-refractivity contribution in [2.24, 2.45) is 10.1 Å². The topological polar surface area (TPSA) is 95.5 Å². The molecule has 182 valence electrons. The number of ether oxygens (including phenoxy) is 2. The van der Waals surface area contributed by atoms with Crippen LogP contribution in [0, 0.1) is 12.3 Å². The average Bonchev–Trinajstić information content (AvgIpc) is 3.50. The second-order valence-electron chi connectivity index (χ2n) is 8.58. The summed E-state index contributed by atoms with van der Waals surface area (Å²) in [5.41, 5.74) is 2.12. The first kappa shape index (κ1) is 23.2. The highest BCUT2D eigenvalue weighted by atomic mass is 32.2. The van der Waals surface area contributed by atoms with E-state index in [-0.39, 0.29) is 11.4 Å². The van der Waals surface area contributed by atoms with Gasteiger partial charge in [-0.05, 0) is 73.9 Å². The summed E-state index contributed by atoms with van der Waals surface area (Å²) in [6.07, 6.45) is 7.11. The Hall–Kier alpha value is -3.53. The van der Waals surface area contributed by atoms with Gasteiger partial charge < -0.3 is 18.9 Å². The molecule has 9 nitrogen and oxygen atoms in total. The fraction of sp³-hybridized carbons (Fsp3) is 0.360. The molecule has 0 aliphatic carbocycles. The van der Waals surface area contributed by atoms with Crippen molar-refractivity contribution in [2.45, 2.75) is 32.7 Å². The zero-order valence-electron chi connectivity index (χ0n) is 19.9. The predicted molar refractivity (Wildman–Crippen MR) is 138 cm³/mol. The lowest BCUT2D eigenvalue weighted by Gasteiger charge is -2.26. The Morgan fingerprint density at radius 1 is 1.14 bits per heavy atom. The van der Waals surface area contributed by atoms with Crippen LogP contribution in [0.25, 0.3) is 6.08 Å². The number of carbonyl (C=O) groups is 1.